The molecule has 0 atom stereocenters. The summed E-state index contributed by atoms with van der Waals surface area (Å²) in [6.45, 7) is 2.60. The van der Waals surface area contributed by atoms with Gasteiger partial charge in [0.1, 0.15) is 12.4 Å². The second kappa shape index (κ2) is 10.0. The lowest BCUT2D eigenvalue weighted by atomic mass is 10.1. The van der Waals surface area contributed by atoms with Crippen molar-refractivity contribution in [2.24, 2.45) is 0 Å². The lowest BCUT2D eigenvalue weighted by molar-refractivity contribution is -0.140. The van der Waals surface area contributed by atoms with Crippen molar-refractivity contribution in [2.75, 3.05) is 24.2 Å². The van der Waals surface area contributed by atoms with E-state index in [1.807, 2.05) is 24.3 Å². The SMILES string of the molecule is CC(=O)OCCN/C=C(\C=N)c1ccc(N)c(NCc2ccc3ncccc3c2)n1. The van der Waals surface area contributed by atoms with Crippen molar-refractivity contribution in [2.45, 2.75) is 13.5 Å². The number of hydrogen-bond acceptors (Lipinski definition) is 8. The second-order valence-corrected chi connectivity index (χ2v) is 6.56. The van der Waals surface area contributed by atoms with Gasteiger partial charge in [-0.2, -0.15) is 0 Å². The van der Waals surface area contributed by atoms with E-state index in [0.29, 0.717) is 35.9 Å². The fraction of sp³-hybridized carbons (Fsp3) is 0.182. The molecule has 0 aliphatic heterocycles. The van der Waals surface area contributed by atoms with Gasteiger partial charge in [0.2, 0.25) is 0 Å². The number of nitrogens with zero attached hydrogens (tertiary/aromatic N) is 2. The first-order chi connectivity index (χ1) is 14.6. The molecule has 30 heavy (non-hydrogen) atoms. The molecule has 0 fully saturated rings. The molecule has 0 aliphatic carbocycles. The summed E-state index contributed by atoms with van der Waals surface area (Å²) in [5.41, 5.74) is 9.81. The van der Waals surface area contributed by atoms with E-state index in [1.165, 1.54) is 13.1 Å². The Hall–Kier alpha value is -3.94. The number of hydrogen-bond donors (Lipinski definition) is 4. The van der Waals surface area contributed by atoms with Gasteiger partial charge < -0.3 is 26.5 Å². The van der Waals surface area contributed by atoms with Crippen molar-refractivity contribution < 1.29 is 9.53 Å². The number of fused-ring (bicyclic) bond motifs is 1. The first kappa shape index (κ1) is 20.8. The third-order valence-electron chi connectivity index (χ3n) is 4.31. The molecule has 2 aromatic heterocycles. The fourth-order valence-corrected chi connectivity index (χ4v) is 2.82. The van der Waals surface area contributed by atoms with Crippen molar-refractivity contribution in [3.63, 3.8) is 0 Å². The van der Waals surface area contributed by atoms with Crippen LogP contribution in [0.3, 0.4) is 0 Å². The number of esters is 1. The number of nitrogen functional groups attached to an aromatic ring is 1. The third-order valence-corrected chi connectivity index (χ3v) is 4.31. The minimum Gasteiger partial charge on any atom is -0.464 e. The molecule has 0 aliphatic rings. The molecule has 8 nitrogen and oxygen atoms in total. The van der Waals surface area contributed by atoms with Gasteiger partial charge in [0.15, 0.2) is 0 Å². The number of benzene rings is 1. The summed E-state index contributed by atoms with van der Waals surface area (Å²) in [4.78, 5) is 19.7. The van der Waals surface area contributed by atoms with Gasteiger partial charge in [-0.1, -0.05) is 12.1 Å². The number of carbonyl (C=O) groups excluding carboxylic acids is 1. The molecule has 3 aromatic rings. The normalized spacial score (nSPS) is 11.2. The fourth-order valence-electron chi connectivity index (χ4n) is 2.82. The molecular formula is C22H24N6O2. The molecule has 0 radical (unpaired) electrons. The average molecular weight is 404 g/mol. The van der Waals surface area contributed by atoms with E-state index in [0.717, 1.165) is 16.5 Å². The summed E-state index contributed by atoms with van der Waals surface area (Å²) < 4.78 is 4.86. The van der Waals surface area contributed by atoms with E-state index in [-0.39, 0.29) is 12.6 Å². The molecule has 0 saturated heterocycles. The van der Waals surface area contributed by atoms with Crippen molar-refractivity contribution in [3.05, 3.63) is 66.1 Å². The number of anilines is 2. The minimum atomic E-state index is -0.327. The summed E-state index contributed by atoms with van der Waals surface area (Å²) >= 11 is 0. The first-order valence-corrected chi connectivity index (χ1v) is 9.48. The first-order valence-electron chi connectivity index (χ1n) is 9.48. The average Bonchev–Trinajstić information content (AvgIpc) is 2.75. The van der Waals surface area contributed by atoms with Gasteiger partial charge in [-0.3, -0.25) is 9.78 Å². The molecular weight excluding hydrogens is 380 g/mol. The highest BCUT2D eigenvalue weighted by atomic mass is 16.5. The van der Waals surface area contributed by atoms with E-state index >= 15 is 0 Å². The summed E-state index contributed by atoms with van der Waals surface area (Å²) in [7, 11) is 0. The van der Waals surface area contributed by atoms with Gasteiger partial charge >= 0.3 is 5.97 Å². The third kappa shape index (κ3) is 5.54. The maximum absolute atomic E-state index is 10.8. The molecule has 8 heteroatoms. The molecule has 0 unspecified atom stereocenters. The lowest BCUT2D eigenvalue weighted by Crippen LogP contribution is -2.16. The Labute approximate surface area is 174 Å². The number of aromatic nitrogens is 2. The van der Waals surface area contributed by atoms with Gasteiger partial charge in [-0.25, -0.2) is 4.98 Å². The lowest BCUT2D eigenvalue weighted by Gasteiger charge is -2.11. The van der Waals surface area contributed by atoms with Crippen LogP contribution in [0, 0.1) is 5.41 Å². The second-order valence-electron chi connectivity index (χ2n) is 6.56. The molecule has 3 rings (SSSR count). The van der Waals surface area contributed by atoms with Crippen molar-refractivity contribution >= 4 is 40.2 Å². The minimum absolute atomic E-state index is 0.250. The summed E-state index contributed by atoms with van der Waals surface area (Å²) in [6.07, 6.45) is 4.64. The maximum Gasteiger partial charge on any atom is 0.302 e. The van der Waals surface area contributed by atoms with Crippen LogP contribution < -0.4 is 16.4 Å². The quantitative estimate of drug-likeness (QED) is 0.245. The Bertz CT molecular complexity index is 1080. The molecule has 1 aromatic carbocycles. The molecule has 0 bridgehead atoms. The zero-order chi connectivity index (χ0) is 21.3. The van der Waals surface area contributed by atoms with Crippen LogP contribution in [0.15, 0.2) is 54.9 Å². The van der Waals surface area contributed by atoms with Crippen LogP contribution in [0.4, 0.5) is 11.5 Å². The highest BCUT2D eigenvalue weighted by Gasteiger charge is 2.07. The number of rotatable bonds is 9. The Morgan fingerprint density at radius 2 is 2.13 bits per heavy atom. The van der Waals surface area contributed by atoms with Crippen molar-refractivity contribution in [3.8, 4) is 0 Å². The maximum atomic E-state index is 10.8. The van der Waals surface area contributed by atoms with Crippen LogP contribution in [0.1, 0.15) is 18.2 Å². The standard InChI is InChI=1S/C22H24N6O2/c1-15(29)30-10-9-25-14-18(12-23)21-7-5-19(24)22(28-21)27-13-16-4-6-20-17(11-16)3-2-8-26-20/h2-8,11-12,14,23,25H,9-10,13,24H2,1H3,(H,27,28)/b18-14+,23-12?. The molecule has 154 valence electrons. The predicted molar refractivity (Wildman–Crippen MR) is 119 cm³/mol. The van der Waals surface area contributed by atoms with E-state index in [1.54, 1.807) is 24.5 Å². The summed E-state index contributed by atoms with van der Waals surface area (Å²) in [5.74, 6) is 0.220. The molecule has 5 N–H and O–H groups in total. The van der Waals surface area contributed by atoms with E-state index in [9.17, 15) is 4.79 Å². The zero-order valence-electron chi connectivity index (χ0n) is 16.7. The van der Waals surface area contributed by atoms with Crippen molar-refractivity contribution in [1.29, 1.82) is 5.41 Å². The van der Waals surface area contributed by atoms with E-state index in [4.69, 9.17) is 15.9 Å². The van der Waals surface area contributed by atoms with Gasteiger partial charge in [-0.05, 0) is 35.9 Å². The summed E-state index contributed by atoms with van der Waals surface area (Å²) in [5, 5.41) is 15.0. The topological polar surface area (TPSA) is 126 Å². The van der Waals surface area contributed by atoms with Crippen LogP contribution >= 0.6 is 0 Å². The van der Waals surface area contributed by atoms with Crippen LogP contribution in [-0.4, -0.2) is 35.3 Å². The monoisotopic (exact) mass is 404 g/mol. The van der Waals surface area contributed by atoms with Gasteiger partial charge in [0, 0.05) is 49.6 Å². The zero-order valence-corrected chi connectivity index (χ0v) is 16.7. The van der Waals surface area contributed by atoms with Crippen LogP contribution in [0.5, 0.6) is 0 Å². The van der Waals surface area contributed by atoms with Gasteiger partial charge in [0.05, 0.1) is 16.9 Å². The van der Waals surface area contributed by atoms with Gasteiger partial charge in [0.25, 0.3) is 0 Å². The number of nitrogens with two attached hydrogens (primary N) is 1. The van der Waals surface area contributed by atoms with E-state index in [2.05, 4.69) is 26.7 Å². The predicted octanol–water partition coefficient (Wildman–Crippen LogP) is 2.97. The summed E-state index contributed by atoms with van der Waals surface area (Å²) in [6, 6.07) is 13.5. The number of nitrogens with one attached hydrogen (secondary N) is 3. The highest BCUT2D eigenvalue weighted by Crippen LogP contribution is 2.21. The number of ether oxygens (including phenoxy) is 1. The van der Waals surface area contributed by atoms with Crippen LogP contribution in [0.25, 0.3) is 16.5 Å². The van der Waals surface area contributed by atoms with Crippen molar-refractivity contribution in [1.82, 2.24) is 15.3 Å². The Morgan fingerprint density at radius 1 is 1.27 bits per heavy atom. The molecule has 2 heterocycles. The molecule has 0 spiro atoms. The highest BCUT2D eigenvalue weighted by molar-refractivity contribution is 6.07. The number of allylic oxidation sites excluding steroid dienone is 1. The largest absolute Gasteiger partial charge is 0.464 e. The molecule has 0 amide bonds. The molecule has 0 saturated carbocycles. The Morgan fingerprint density at radius 3 is 2.93 bits per heavy atom. The number of pyridine rings is 2. The Kier molecular flexibility index (Phi) is 6.94. The van der Waals surface area contributed by atoms with E-state index < -0.39 is 0 Å². The van der Waals surface area contributed by atoms with Gasteiger partial charge in [-0.15, -0.1) is 0 Å². The Balaban J connectivity index is 1.68. The smallest absolute Gasteiger partial charge is 0.302 e. The number of carbonyl (C=O) groups is 1. The van der Waals surface area contributed by atoms with Crippen LogP contribution in [-0.2, 0) is 16.1 Å². The van der Waals surface area contributed by atoms with Crippen LogP contribution in [0.2, 0.25) is 0 Å².